The number of hydrogen-bond donors (Lipinski definition) is 0. The molecular formula is C19H18N2O2S. The van der Waals surface area contributed by atoms with Gasteiger partial charge in [-0.2, -0.15) is 0 Å². The van der Waals surface area contributed by atoms with E-state index >= 15 is 0 Å². The Morgan fingerprint density at radius 3 is 2.33 bits per heavy atom. The normalized spacial score (nSPS) is 26.6. The second-order valence-electron chi connectivity index (χ2n) is 6.11. The Morgan fingerprint density at radius 2 is 1.67 bits per heavy atom. The molecule has 0 N–H and O–H groups in total. The van der Waals surface area contributed by atoms with Crippen molar-refractivity contribution in [1.82, 2.24) is 4.90 Å². The van der Waals surface area contributed by atoms with Gasteiger partial charge in [-0.05, 0) is 19.1 Å². The van der Waals surface area contributed by atoms with Crippen molar-refractivity contribution >= 4 is 28.8 Å². The maximum Gasteiger partial charge on any atom is 0.252 e. The summed E-state index contributed by atoms with van der Waals surface area (Å²) in [4.78, 5) is 17.6. The number of amides is 1. The van der Waals surface area contributed by atoms with E-state index in [1.165, 1.54) is 0 Å². The van der Waals surface area contributed by atoms with Crippen LogP contribution < -0.4 is 4.90 Å². The van der Waals surface area contributed by atoms with Crippen LogP contribution >= 0.6 is 12.2 Å². The fourth-order valence-electron chi connectivity index (χ4n) is 3.46. The van der Waals surface area contributed by atoms with Gasteiger partial charge in [0.1, 0.15) is 11.0 Å². The number of carbonyl (C=O) groups excluding carboxylic acids is 1. The molecule has 0 saturated carbocycles. The molecule has 4 nitrogen and oxygen atoms in total. The Labute approximate surface area is 146 Å². The first-order valence-electron chi connectivity index (χ1n) is 8.05. The predicted molar refractivity (Wildman–Crippen MR) is 96.8 cm³/mol. The third-order valence-corrected chi connectivity index (χ3v) is 4.93. The summed E-state index contributed by atoms with van der Waals surface area (Å²) in [7, 11) is 0. The molecule has 0 aliphatic carbocycles. The third-order valence-electron chi connectivity index (χ3n) is 4.59. The number of anilines is 1. The Morgan fingerprint density at radius 1 is 1.04 bits per heavy atom. The molecule has 5 heteroatoms. The number of benzene rings is 2. The second kappa shape index (κ2) is 6.00. The van der Waals surface area contributed by atoms with Gasteiger partial charge in [0.05, 0.1) is 12.6 Å². The smallest absolute Gasteiger partial charge is 0.252 e. The molecule has 2 aliphatic rings. The van der Waals surface area contributed by atoms with Gasteiger partial charge in [-0.25, -0.2) is 0 Å². The third kappa shape index (κ3) is 2.41. The summed E-state index contributed by atoms with van der Waals surface area (Å²) in [5.74, 6) is 0.0423. The van der Waals surface area contributed by atoms with Crippen LogP contribution in [0, 0.1) is 0 Å². The van der Waals surface area contributed by atoms with Crippen LogP contribution in [0.5, 0.6) is 0 Å². The summed E-state index contributed by atoms with van der Waals surface area (Å²) < 4.78 is 6.11. The number of rotatable bonds is 2. The summed E-state index contributed by atoms with van der Waals surface area (Å²) >= 11 is 5.66. The van der Waals surface area contributed by atoms with E-state index in [1.54, 1.807) is 4.90 Å². The summed E-state index contributed by atoms with van der Waals surface area (Å²) in [6.07, 6.45) is -0.507. The second-order valence-corrected chi connectivity index (χ2v) is 6.58. The molecule has 2 fully saturated rings. The Kier molecular flexibility index (Phi) is 3.82. The molecule has 122 valence electrons. The van der Waals surface area contributed by atoms with Crippen molar-refractivity contribution in [3.63, 3.8) is 0 Å². The fraction of sp³-hybridized carbons (Fsp3) is 0.263. The summed E-state index contributed by atoms with van der Waals surface area (Å²) in [5.41, 5.74) is 1.90. The van der Waals surface area contributed by atoms with Crippen molar-refractivity contribution < 1.29 is 9.53 Å². The molecule has 0 unspecified atom stereocenters. The first kappa shape index (κ1) is 15.3. The molecule has 2 saturated heterocycles. The van der Waals surface area contributed by atoms with Crippen molar-refractivity contribution in [1.29, 1.82) is 0 Å². The van der Waals surface area contributed by atoms with Gasteiger partial charge in [-0.1, -0.05) is 60.7 Å². The van der Waals surface area contributed by atoms with Gasteiger partial charge >= 0.3 is 0 Å². The van der Waals surface area contributed by atoms with E-state index in [2.05, 4.69) is 0 Å². The minimum Gasteiger partial charge on any atom is -0.348 e. The summed E-state index contributed by atoms with van der Waals surface area (Å²) in [5, 5.41) is 0. The quantitative estimate of drug-likeness (QED) is 0.788. The van der Waals surface area contributed by atoms with E-state index in [0.717, 1.165) is 16.2 Å². The largest absolute Gasteiger partial charge is 0.348 e. The lowest BCUT2D eigenvalue weighted by Crippen LogP contribution is -2.59. The van der Waals surface area contributed by atoms with Crippen LogP contribution in [0.4, 0.5) is 5.69 Å². The Hall–Kier alpha value is -2.24. The Balaban J connectivity index is 1.68. The minimum atomic E-state index is -0.378. The van der Waals surface area contributed by atoms with Crippen molar-refractivity contribution in [2.24, 2.45) is 0 Å². The van der Waals surface area contributed by atoms with Crippen LogP contribution in [-0.2, 0) is 9.53 Å². The number of fused-ring (bicyclic) bond motifs is 1. The molecule has 0 radical (unpaired) electrons. The SMILES string of the molecule is C[C@H]1O[C@H](c2ccccc2)N2C(=S)CN(c3ccccc3)C(=O)[C@H]12. The van der Waals surface area contributed by atoms with Gasteiger partial charge in [-0.15, -0.1) is 0 Å². The lowest BCUT2D eigenvalue weighted by Gasteiger charge is -2.40. The number of ether oxygens (including phenoxy) is 1. The number of para-hydroxylation sites is 1. The van der Waals surface area contributed by atoms with E-state index in [-0.39, 0.29) is 24.3 Å². The number of nitrogens with zero attached hydrogens (tertiary/aromatic N) is 2. The Bertz CT molecular complexity index is 765. The minimum absolute atomic E-state index is 0.0423. The van der Waals surface area contributed by atoms with Crippen LogP contribution in [0.25, 0.3) is 0 Å². The molecule has 2 aromatic carbocycles. The van der Waals surface area contributed by atoms with Crippen molar-refractivity contribution in [2.75, 3.05) is 11.4 Å². The molecule has 0 aromatic heterocycles. The van der Waals surface area contributed by atoms with Crippen molar-refractivity contribution in [3.8, 4) is 0 Å². The highest BCUT2D eigenvalue weighted by atomic mass is 32.1. The summed E-state index contributed by atoms with van der Waals surface area (Å²) in [6, 6.07) is 19.2. The molecule has 1 amide bonds. The van der Waals surface area contributed by atoms with Gasteiger partial charge in [0, 0.05) is 11.3 Å². The zero-order chi connectivity index (χ0) is 16.7. The lowest BCUT2D eigenvalue weighted by molar-refractivity contribution is -0.123. The van der Waals surface area contributed by atoms with E-state index in [1.807, 2.05) is 72.5 Å². The molecule has 2 heterocycles. The molecule has 24 heavy (non-hydrogen) atoms. The lowest BCUT2D eigenvalue weighted by atomic mass is 10.1. The van der Waals surface area contributed by atoms with Crippen LogP contribution in [0.15, 0.2) is 60.7 Å². The summed E-state index contributed by atoms with van der Waals surface area (Å²) in [6.45, 7) is 2.35. The van der Waals surface area contributed by atoms with Crippen LogP contribution in [0.1, 0.15) is 18.7 Å². The predicted octanol–water partition coefficient (Wildman–Crippen LogP) is 3.15. The maximum atomic E-state index is 13.1. The number of thiocarbonyl (C=S) groups is 1. The number of piperazine rings is 1. The molecule has 4 rings (SSSR count). The first-order chi connectivity index (χ1) is 11.7. The number of carbonyl (C=O) groups is 1. The number of hydrogen-bond acceptors (Lipinski definition) is 3. The van der Waals surface area contributed by atoms with Gasteiger partial charge < -0.3 is 14.5 Å². The molecule has 2 aromatic rings. The fourth-order valence-corrected chi connectivity index (χ4v) is 3.80. The highest BCUT2D eigenvalue weighted by Crippen LogP contribution is 2.38. The average Bonchev–Trinajstić information content (AvgIpc) is 2.98. The van der Waals surface area contributed by atoms with Crippen LogP contribution in [0.2, 0.25) is 0 Å². The van der Waals surface area contributed by atoms with Gasteiger partial charge in [0.2, 0.25) is 0 Å². The van der Waals surface area contributed by atoms with E-state index in [0.29, 0.717) is 6.54 Å². The zero-order valence-corrected chi connectivity index (χ0v) is 14.1. The zero-order valence-electron chi connectivity index (χ0n) is 13.3. The van der Waals surface area contributed by atoms with E-state index in [4.69, 9.17) is 17.0 Å². The molecule has 3 atom stereocenters. The van der Waals surface area contributed by atoms with Crippen molar-refractivity contribution in [3.05, 3.63) is 66.2 Å². The van der Waals surface area contributed by atoms with Crippen LogP contribution in [-0.4, -0.2) is 34.5 Å². The van der Waals surface area contributed by atoms with Crippen LogP contribution in [0.3, 0.4) is 0 Å². The van der Waals surface area contributed by atoms with E-state index < -0.39 is 0 Å². The standard InChI is InChI=1S/C19H18N2O2S/c1-13-17-18(22)20(15-10-6-3-7-11-15)12-16(24)21(17)19(23-13)14-8-4-2-5-9-14/h2-11,13,17,19H,12H2,1H3/t13-,17+,19-/m1/s1. The highest BCUT2D eigenvalue weighted by molar-refractivity contribution is 7.80. The van der Waals surface area contributed by atoms with E-state index in [9.17, 15) is 4.79 Å². The molecule has 0 spiro atoms. The first-order valence-corrected chi connectivity index (χ1v) is 8.45. The molecule has 2 aliphatic heterocycles. The van der Waals surface area contributed by atoms with Crippen molar-refractivity contribution in [2.45, 2.75) is 25.3 Å². The monoisotopic (exact) mass is 338 g/mol. The highest BCUT2D eigenvalue weighted by Gasteiger charge is 2.50. The molecule has 0 bridgehead atoms. The molecular weight excluding hydrogens is 320 g/mol. The topological polar surface area (TPSA) is 32.8 Å². The van der Waals surface area contributed by atoms with Gasteiger partial charge in [-0.3, -0.25) is 4.79 Å². The maximum absolute atomic E-state index is 13.1. The van der Waals surface area contributed by atoms with Gasteiger partial charge in [0.15, 0.2) is 6.23 Å². The average molecular weight is 338 g/mol. The van der Waals surface area contributed by atoms with Gasteiger partial charge in [0.25, 0.3) is 5.91 Å².